The van der Waals surface area contributed by atoms with Crippen molar-refractivity contribution in [1.29, 1.82) is 0 Å². The largest absolute Gasteiger partial charge is 0.477 e. The van der Waals surface area contributed by atoms with E-state index in [1.807, 2.05) is 17.7 Å². The number of nitro groups is 1. The molecule has 3 saturated heterocycles. The molecule has 242 valence electrons. The standard InChI is InChI=1S/C30H32N6O9S/c1-14-22-21(15(2)37)28(39)35(22)24(29(40)41)25(14)46-18-11-20(27(38)33-9-7-19-23(33)26-31-8-10-32(19)26)34(12-18)30(42)45-13-16-3-5-17(6-4-16)36(43)44/h3-6,8,10,14-15,18-23,37H,7,9,11-13H2,1-2H3,(H,40,41)/t14-,15?,18+,19-,20+,21-,22-,23?/m1/s1. The van der Waals surface area contributed by atoms with Crippen LogP contribution in [0.2, 0.25) is 0 Å². The van der Waals surface area contributed by atoms with Gasteiger partial charge in [-0.1, -0.05) is 6.92 Å². The maximum absolute atomic E-state index is 14.1. The maximum atomic E-state index is 14.1. The van der Waals surface area contributed by atoms with Gasteiger partial charge in [0.05, 0.1) is 29.0 Å². The van der Waals surface area contributed by atoms with Gasteiger partial charge in [-0.25, -0.2) is 14.6 Å². The molecule has 2 unspecified atom stereocenters. The van der Waals surface area contributed by atoms with Gasteiger partial charge in [0.25, 0.3) is 5.69 Å². The average molecular weight is 653 g/mol. The van der Waals surface area contributed by atoms with Crippen molar-refractivity contribution in [2.24, 2.45) is 11.8 Å². The normalized spacial score (nSPS) is 29.9. The molecule has 1 aromatic heterocycles. The minimum absolute atomic E-state index is 0.0944. The van der Waals surface area contributed by atoms with Crippen LogP contribution in [0.4, 0.5) is 10.5 Å². The van der Waals surface area contributed by atoms with Gasteiger partial charge < -0.3 is 29.3 Å². The second-order valence-electron chi connectivity index (χ2n) is 12.4. The van der Waals surface area contributed by atoms with Gasteiger partial charge in [0.2, 0.25) is 11.8 Å². The Morgan fingerprint density at radius 3 is 2.63 bits per heavy atom. The van der Waals surface area contributed by atoms with Crippen molar-refractivity contribution >= 4 is 41.3 Å². The van der Waals surface area contributed by atoms with E-state index in [0.29, 0.717) is 17.0 Å². The number of non-ortho nitro benzene ring substituents is 1. The van der Waals surface area contributed by atoms with Crippen LogP contribution in [-0.2, 0) is 25.7 Å². The van der Waals surface area contributed by atoms with E-state index in [2.05, 4.69) is 4.98 Å². The van der Waals surface area contributed by atoms with Gasteiger partial charge in [-0.05, 0) is 37.5 Å². The number of amides is 3. The number of likely N-dealkylation sites (tertiary alicyclic amines) is 2. The van der Waals surface area contributed by atoms with Crippen molar-refractivity contribution < 1.29 is 39.1 Å². The maximum Gasteiger partial charge on any atom is 0.410 e. The van der Waals surface area contributed by atoms with Crippen LogP contribution in [0.15, 0.2) is 47.3 Å². The molecule has 0 radical (unpaired) electrons. The quantitative estimate of drug-likeness (QED) is 0.242. The number of carboxylic acid groups (broad SMARTS) is 1. The Kier molecular flexibility index (Phi) is 7.31. The summed E-state index contributed by atoms with van der Waals surface area (Å²) >= 11 is 1.25. The number of carboxylic acids is 1. The number of carbonyl (C=O) groups excluding carboxylic acids is 3. The highest BCUT2D eigenvalue weighted by molar-refractivity contribution is 8.03. The van der Waals surface area contributed by atoms with Crippen molar-refractivity contribution in [2.75, 3.05) is 13.1 Å². The van der Waals surface area contributed by atoms with Gasteiger partial charge in [-0.2, -0.15) is 0 Å². The second kappa shape index (κ2) is 11.1. The van der Waals surface area contributed by atoms with Crippen molar-refractivity contribution in [1.82, 2.24) is 24.3 Å². The molecular weight excluding hydrogens is 620 g/mol. The molecule has 6 heterocycles. The Bertz CT molecular complexity index is 1670. The number of hydrogen-bond acceptors (Lipinski definition) is 10. The minimum Gasteiger partial charge on any atom is -0.477 e. The summed E-state index contributed by atoms with van der Waals surface area (Å²) < 4.78 is 7.64. The third-order valence-electron chi connectivity index (χ3n) is 9.87. The van der Waals surface area contributed by atoms with Gasteiger partial charge in [0.1, 0.15) is 30.2 Å². The number of β-lactam (4-membered cyclic amide) rings is 1. The molecule has 5 aliphatic rings. The lowest BCUT2D eigenvalue weighted by molar-refractivity contribution is -0.384. The molecule has 15 nitrogen and oxygen atoms in total. The van der Waals surface area contributed by atoms with Gasteiger partial charge in [0.15, 0.2) is 0 Å². The van der Waals surface area contributed by atoms with Crippen LogP contribution < -0.4 is 0 Å². The topological polar surface area (TPSA) is 189 Å². The SMILES string of the molecule is CC(O)[C@H]1C(=O)N2C(C(=O)O)=C(S[C@H]3C[C@@H](C(=O)N4CC[C@@H]5C4c4nccn45)N(C(=O)OCc4ccc([N+](=O)[O-])cc4)C3)[C@H](C)[C@H]12. The van der Waals surface area contributed by atoms with Crippen LogP contribution in [0.1, 0.15) is 50.2 Å². The zero-order valence-corrected chi connectivity index (χ0v) is 25.8. The summed E-state index contributed by atoms with van der Waals surface area (Å²) in [7, 11) is 0. The summed E-state index contributed by atoms with van der Waals surface area (Å²) in [5.74, 6) is -2.19. The zero-order valence-electron chi connectivity index (χ0n) is 25.0. The molecule has 16 heteroatoms. The summed E-state index contributed by atoms with van der Waals surface area (Å²) in [6, 6.07) is 4.20. The highest BCUT2D eigenvalue weighted by atomic mass is 32.2. The number of nitrogens with zero attached hydrogens (tertiary/aromatic N) is 6. The Labute approximate surface area is 266 Å². The molecule has 0 saturated carbocycles. The third-order valence-corrected chi connectivity index (χ3v) is 11.4. The molecule has 3 fully saturated rings. The third kappa shape index (κ3) is 4.56. The number of fused-ring (bicyclic) bond motifs is 5. The molecule has 1 aromatic carbocycles. The smallest absolute Gasteiger partial charge is 0.410 e. The van der Waals surface area contributed by atoms with E-state index in [0.717, 1.165) is 12.2 Å². The fraction of sp³-hybridized carbons (Fsp3) is 0.500. The molecule has 3 amide bonds. The Morgan fingerprint density at radius 1 is 1.22 bits per heavy atom. The molecule has 46 heavy (non-hydrogen) atoms. The number of carbonyl (C=O) groups is 4. The van der Waals surface area contributed by atoms with E-state index in [1.54, 1.807) is 11.1 Å². The lowest BCUT2D eigenvalue weighted by Crippen LogP contribution is -2.63. The highest BCUT2D eigenvalue weighted by Gasteiger charge is 2.61. The fourth-order valence-corrected chi connectivity index (χ4v) is 9.21. The van der Waals surface area contributed by atoms with Crippen molar-refractivity contribution in [3.05, 3.63) is 68.8 Å². The Balaban J connectivity index is 1.12. The lowest BCUT2D eigenvalue weighted by atomic mass is 9.79. The van der Waals surface area contributed by atoms with E-state index >= 15 is 0 Å². The molecule has 7 rings (SSSR count). The molecular formula is C30H32N6O9S. The predicted molar refractivity (Wildman–Crippen MR) is 160 cm³/mol. The number of aliphatic hydroxyl groups is 1. The molecule has 8 atom stereocenters. The van der Waals surface area contributed by atoms with Gasteiger partial charge in [-0.15, -0.1) is 11.8 Å². The molecule has 0 spiro atoms. The summed E-state index contributed by atoms with van der Waals surface area (Å²) in [6.07, 6.45) is 2.92. The summed E-state index contributed by atoms with van der Waals surface area (Å²) in [6.45, 7) is 3.78. The number of nitro benzene ring substituents is 1. The van der Waals surface area contributed by atoms with Gasteiger partial charge in [-0.3, -0.25) is 24.6 Å². The van der Waals surface area contributed by atoms with Crippen LogP contribution in [0, 0.1) is 22.0 Å². The summed E-state index contributed by atoms with van der Waals surface area (Å²) in [5.41, 5.74) is 0.326. The van der Waals surface area contributed by atoms with E-state index in [1.165, 1.54) is 52.8 Å². The van der Waals surface area contributed by atoms with Crippen LogP contribution in [0.25, 0.3) is 0 Å². The number of hydrogen-bond donors (Lipinski definition) is 2. The first-order valence-electron chi connectivity index (χ1n) is 15.1. The van der Waals surface area contributed by atoms with Crippen molar-refractivity contribution in [3.63, 3.8) is 0 Å². The zero-order chi connectivity index (χ0) is 32.6. The first-order valence-corrected chi connectivity index (χ1v) is 16.0. The lowest BCUT2D eigenvalue weighted by Gasteiger charge is -2.46. The fourth-order valence-electron chi connectivity index (χ4n) is 7.69. The summed E-state index contributed by atoms with van der Waals surface area (Å²) in [4.78, 5) is 72.6. The number of imidazole rings is 1. The number of aliphatic carboxylic acids is 1. The number of benzene rings is 1. The number of aliphatic hydroxyl groups excluding tert-OH is 1. The average Bonchev–Trinajstić information content (AvgIpc) is 3.77. The van der Waals surface area contributed by atoms with Crippen LogP contribution in [0.5, 0.6) is 0 Å². The van der Waals surface area contributed by atoms with E-state index in [4.69, 9.17) is 4.74 Å². The molecule has 2 aromatic rings. The number of rotatable bonds is 8. The minimum atomic E-state index is -1.25. The Morgan fingerprint density at radius 2 is 1.96 bits per heavy atom. The molecule has 0 aliphatic carbocycles. The van der Waals surface area contributed by atoms with Gasteiger partial charge in [0, 0.05) is 53.7 Å². The van der Waals surface area contributed by atoms with E-state index < -0.39 is 47.0 Å². The van der Waals surface area contributed by atoms with Gasteiger partial charge >= 0.3 is 12.1 Å². The first kappa shape index (κ1) is 30.2. The summed E-state index contributed by atoms with van der Waals surface area (Å²) in [5, 5.41) is 30.9. The van der Waals surface area contributed by atoms with Crippen LogP contribution in [0.3, 0.4) is 0 Å². The first-order chi connectivity index (χ1) is 22.0. The number of thioether (sulfide) groups is 1. The second-order valence-corrected chi connectivity index (χ2v) is 13.8. The predicted octanol–water partition coefficient (Wildman–Crippen LogP) is 2.29. The monoisotopic (exact) mass is 652 g/mol. The molecule has 2 N–H and O–H groups in total. The molecule has 0 bridgehead atoms. The highest BCUT2D eigenvalue weighted by Crippen LogP contribution is 2.53. The van der Waals surface area contributed by atoms with E-state index in [9.17, 15) is 39.5 Å². The molecule has 5 aliphatic heterocycles. The number of ether oxygens (including phenoxy) is 1. The van der Waals surface area contributed by atoms with E-state index in [-0.39, 0.29) is 60.1 Å². The van der Waals surface area contributed by atoms with Crippen molar-refractivity contribution in [3.8, 4) is 0 Å². The Hall–Kier alpha value is -4.44. The van der Waals surface area contributed by atoms with Crippen LogP contribution in [-0.4, -0.2) is 99.8 Å². The van der Waals surface area contributed by atoms with Crippen LogP contribution >= 0.6 is 11.8 Å². The number of aromatic nitrogens is 2. The van der Waals surface area contributed by atoms with Crippen molar-refractivity contribution in [2.45, 2.75) is 68.8 Å².